The van der Waals surface area contributed by atoms with Gasteiger partial charge in [-0.1, -0.05) is 54.1 Å². The van der Waals surface area contributed by atoms with Gasteiger partial charge >= 0.3 is 0 Å². The summed E-state index contributed by atoms with van der Waals surface area (Å²) in [6.07, 6.45) is 0. The molecule has 4 rings (SSSR count). The van der Waals surface area contributed by atoms with Crippen LogP contribution in [-0.2, 0) is 4.79 Å². The molecule has 1 atom stereocenters. The molecule has 0 spiro atoms. The molecule has 33 heavy (non-hydrogen) atoms. The van der Waals surface area contributed by atoms with Crippen molar-refractivity contribution in [1.82, 2.24) is 4.90 Å². The van der Waals surface area contributed by atoms with Gasteiger partial charge in [0.1, 0.15) is 16.8 Å². The maximum absolute atomic E-state index is 13.4. The quantitative estimate of drug-likeness (QED) is 0.411. The van der Waals surface area contributed by atoms with Gasteiger partial charge in [0.15, 0.2) is 0 Å². The van der Waals surface area contributed by atoms with Gasteiger partial charge in [0.2, 0.25) is 5.91 Å². The van der Waals surface area contributed by atoms with Crippen LogP contribution in [0.1, 0.15) is 11.6 Å². The largest absolute Gasteiger partial charge is 0.506 e. The van der Waals surface area contributed by atoms with Crippen molar-refractivity contribution in [3.8, 4) is 5.75 Å². The fourth-order valence-electron chi connectivity index (χ4n) is 4.06. The van der Waals surface area contributed by atoms with E-state index in [-0.39, 0.29) is 22.4 Å². The van der Waals surface area contributed by atoms with E-state index in [0.29, 0.717) is 31.9 Å². The van der Waals surface area contributed by atoms with Gasteiger partial charge < -0.3 is 15.3 Å². The summed E-state index contributed by atoms with van der Waals surface area (Å²) in [4.78, 5) is 28.2. The summed E-state index contributed by atoms with van der Waals surface area (Å²) in [5.41, 5.74) is 1.65. The van der Waals surface area contributed by atoms with E-state index in [1.165, 1.54) is 12.1 Å². The number of para-hydroxylation sites is 2. The van der Waals surface area contributed by atoms with E-state index in [0.717, 1.165) is 11.3 Å². The van der Waals surface area contributed by atoms with Crippen molar-refractivity contribution in [1.29, 1.82) is 0 Å². The zero-order valence-corrected chi connectivity index (χ0v) is 18.5. The molecular weight excluding hydrogens is 444 g/mol. The highest BCUT2D eigenvalue weighted by atomic mass is 35.5. The summed E-state index contributed by atoms with van der Waals surface area (Å²) in [5, 5.41) is 24.2. The van der Waals surface area contributed by atoms with Crippen LogP contribution in [0.2, 0.25) is 5.02 Å². The van der Waals surface area contributed by atoms with Gasteiger partial charge in [-0.2, -0.15) is 0 Å². The Hall–Kier alpha value is -3.62. The second kappa shape index (κ2) is 9.89. The highest BCUT2D eigenvalue weighted by Gasteiger charge is 2.31. The lowest BCUT2D eigenvalue weighted by Gasteiger charge is -2.39. The SMILES string of the molecule is O=C(Nc1ccc(Cl)c([N+](=O)[O-])c1)C(c1ccccc1)N1CCN(c2ccccc2O)CC1. The molecule has 0 saturated carbocycles. The molecule has 1 saturated heterocycles. The van der Waals surface area contributed by atoms with E-state index in [4.69, 9.17) is 11.6 Å². The van der Waals surface area contributed by atoms with Crippen molar-refractivity contribution < 1.29 is 14.8 Å². The summed E-state index contributed by atoms with van der Waals surface area (Å²) in [6.45, 7) is 2.48. The van der Waals surface area contributed by atoms with E-state index in [1.807, 2.05) is 42.5 Å². The summed E-state index contributed by atoms with van der Waals surface area (Å²) in [7, 11) is 0. The third-order valence-electron chi connectivity index (χ3n) is 5.68. The molecule has 170 valence electrons. The number of nitro benzene ring substituents is 1. The maximum atomic E-state index is 13.4. The second-order valence-electron chi connectivity index (χ2n) is 7.74. The number of benzene rings is 3. The summed E-state index contributed by atoms with van der Waals surface area (Å²) >= 11 is 5.90. The number of nitrogens with zero attached hydrogens (tertiary/aromatic N) is 3. The number of amides is 1. The molecule has 8 nitrogen and oxygen atoms in total. The minimum Gasteiger partial charge on any atom is -0.506 e. The predicted octanol–water partition coefficient (Wildman–Crippen LogP) is 4.46. The molecule has 9 heteroatoms. The Labute approximate surface area is 196 Å². The number of rotatable bonds is 6. The fourth-order valence-corrected chi connectivity index (χ4v) is 4.24. The highest BCUT2D eigenvalue weighted by Crippen LogP contribution is 2.31. The average molecular weight is 467 g/mol. The second-order valence-corrected chi connectivity index (χ2v) is 8.14. The Kier molecular flexibility index (Phi) is 6.76. The smallest absolute Gasteiger partial charge is 0.289 e. The van der Waals surface area contributed by atoms with Crippen LogP contribution in [0, 0.1) is 10.1 Å². The van der Waals surface area contributed by atoms with E-state index in [1.54, 1.807) is 18.2 Å². The molecule has 1 amide bonds. The molecular formula is C24H23ClN4O4. The van der Waals surface area contributed by atoms with Crippen LogP contribution in [-0.4, -0.2) is 47.0 Å². The Morgan fingerprint density at radius 3 is 2.33 bits per heavy atom. The van der Waals surface area contributed by atoms with E-state index >= 15 is 0 Å². The molecule has 0 radical (unpaired) electrons. The Morgan fingerprint density at radius 2 is 1.67 bits per heavy atom. The van der Waals surface area contributed by atoms with Gasteiger partial charge in [-0.05, 0) is 29.8 Å². The lowest BCUT2D eigenvalue weighted by atomic mass is 10.0. The first-order chi connectivity index (χ1) is 15.9. The average Bonchev–Trinajstić information content (AvgIpc) is 2.82. The van der Waals surface area contributed by atoms with Crippen LogP contribution < -0.4 is 10.2 Å². The van der Waals surface area contributed by atoms with Crippen LogP contribution in [0.15, 0.2) is 72.8 Å². The number of hydrogen-bond donors (Lipinski definition) is 2. The molecule has 0 aromatic heterocycles. The number of phenolic OH excluding ortho intramolecular Hbond substituents is 1. The number of carbonyl (C=O) groups is 1. The first-order valence-corrected chi connectivity index (χ1v) is 10.9. The van der Waals surface area contributed by atoms with E-state index < -0.39 is 11.0 Å². The molecule has 0 aliphatic carbocycles. The van der Waals surface area contributed by atoms with Crippen LogP contribution >= 0.6 is 11.6 Å². The van der Waals surface area contributed by atoms with Gasteiger partial charge in [-0.25, -0.2) is 0 Å². The van der Waals surface area contributed by atoms with E-state index in [9.17, 15) is 20.0 Å². The van der Waals surface area contributed by atoms with Gasteiger partial charge in [0, 0.05) is 37.9 Å². The van der Waals surface area contributed by atoms with Crippen molar-refractivity contribution in [3.05, 3.63) is 93.5 Å². The molecule has 1 fully saturated rings. The summed E-state index contributed by atoms with van der Waals surface area (Å²) < 4.78 is 0. The summed E-state index contributed by atoms with van der Waals surface area (Å²) in [6, 6.07) is 20.3. The number of anilines is 2. The molecule has 1 unspecified atom stereocenters. The molecule has 3 aromatic rings. The van der Waals surface area contributed by atoms with Crippen molar-refractivity contribution in [2.45, 2.75) is 6.04 Å². The Morgan fingerprint density at radius 1 is 1.00 bits per heavy atom. The van der Waals surface area contributed by atoms with Crippen LogP contribution in [0.25, 0.3) is 0 Å². The minimum atomic E-state index is -0.578. The highest BCUT2D eigenvalue weighted by molar-refractivity contribution is 6.32. The van der Waals surface area contributed by atoms with Crippen LogP contribution in [0.5, 0.6) is 5.75 Å². The number of halogens is 1. The van der Waals surface area contributed by atoms with Crippen molar-refractivity contribution >= 4 is 34.6 Å². The zero-order chi connectivity index (χ0) is 23.4. The maximum Gasteiger partial charge on any atom is 0.289 e. The minimum absolute atomic E-state index is 0.0119. The molecule has 1 heterocycles. The van der Waals surface area contributed by atoms with Crippen LogP contribution in [0.4, 0.5) is 17.1 Å². The zero-order valence-electron chi connectivity index (χ0n) is 17.7. The Balaban J connectivity index is 1.54. The van der Waals surface area contributed by atoms with Gasteiger partial charge in [-0.15, -0.1) is 0 Å². The molecule has 1 aliphatic heterocycles. The lowest BCUT2D eigenvalue weighted by Crippen LogP contribution is -2.50. The normalized spacial score (nSPS) is 15.1. The lowest BCUT2D eigenvalue weighted by molar-refractivity contribution is -0.384. The van der Waals surface area contributed by atoms with E-state index in [2.05, 4.69) is 15.1 Å². The molecule has 3 aromatic carbocycles. The Bertz CT molecular complexity index is 1150. The molecule has 2 N–H and O–H groups in total. The predicted molar refractivity (Wildman–Crippen MR) is 128 cm³/mol. The number of nitro groups is 1. The number of hydrogen-bond acceptors (Lipinski definition) is 6. The van der Waals surface area contributed by atoms with Crippen molar-refractivity contribution in [3.63, 3.8) is 0 Å². The number of piperazine rings is 1. The standard InChI is InChI=1S/C24H23ClN4O4/c25-19-11-10-18(16-21(19)29(32)33)26-24(31)23(17-6-2-1-3-7-17)28-14-12-27(13-15-28)20-8-4-5-9-22(20)30/h1-11,16,23,30H,12-15H2,(H,26,31). The third-order valence-corrected chi connectivity index (χ3v) is 6.00. The fraction of sp³-hybridized carbons (Fsp3) is 0.208. The van der Waals surface area contributed by atoms with Crippen LogP contribution in [0.3, 0.4) is 0 Å². The topological polar surface area (TPSA) is 98.9 Å². The number of carbonyl (C=O) groups excluding carboxylic acids is 1. The summed E-state index contributed by atoms with van der Waals surface area (Å²) in [5.74, 6) is -0.0542. The molecule has 0 bridgehead atoms. The van der Waals surface area contributed by atoms with Crippen molar-refractivity contribution in [2.24, 2.45) is 0 Å². The third kappa shape index (κ3) is 5.08. The number of nitrogens with one attached hydrogen (secondary N) is 1. The monoisotopic (exact) mass is 466 g/mol. The molecule has 1 aliphatic rings. The first-order valence-electron chi connectivity index (χ1n) is 10.5. The van der Waals surface area contributed by atoms with Gasteiger partial charge in [0.05, 0.1) is 10.6 Å². The van der Waals surface area contributed by atoms with Crippen molar-refractivity contribution in [2.75, 3.05) is 36.4 Å². The van der Waals surface area contributed by atoms with Gasteiger partial charge in [0.25, 0.3) is 5.69 Å². The number of phenols is 1. The van der Waals surface area contributed by atoms with Gasteiger partial charge in [-0.3, -0.25) is 19.8 Å². The first kappa shape index (κ1) is 22.6. The number of aromatic hydroxyl groups is 1.